The molecule has 0 aromatic heterocycles. The van der Waals surface area contributed by atoms with E-state index in [0.29, 0.717) is 49.6 Å². The van der Waals surface area contributed by atoms with Gasteiger partial charge in [0, 0.05) is 11.1 Å². The number of Topliss-reactive ketones (excluding diaryl/α,β-unsaturated/α-hetero) is 2. The summed E-state index contributed by atoms with van der Waals surface area (Å²) in [5.41, 5.74) is 0.478. The highest BCUT2D eigenvalue weighted by Crippen LogP contribution is 2.31. The van der Waals surface area contributed by atoms with Crippen LogP contribution in [0.2, 0.25) is 64.5 Å². The average molecular weight is 811 g/mol. The highest BCUT2D eigenvalue weighted by Gasteiger charge is 2.46. The summed E-state index contributed by atoms with van der Waals surface area (Å²) in [7, 11) is -7.06. The van der Waals surface area contributed by atoms with Crippen LogP contribution in [0.15, 0.2) is 48.5 Å². The van der Waals surface area contributed by atoms with E-state index in [1.807, 2.05) is 0 Å². The van der Waals surface area contributed by atoms with Gasteiger partial charge >= 0.3 is 29.1 Å². The molecule has 2 aromatic rings. The summed E-state index contributed by atoms with van der Waals surface area (Å²) in [4.78, 5) is 47.0. The third-order valence-electron chi connectivity index (χ3n) is 6.54. The Hall–Kier alpha value is -2.93. The minimum atomic E-state index is -2.72. The highest BCUT2D eigenvalue weighted by atomic mass is 28.5. The first-order valence-corrected chi connectivity index (χ1v) is 30.3. The van der Waals surface area contributed by atoms with Crippen LogP contribution < -0.4 is 9.47 Å². The molecule has 15 heteroatoms. The summed E-state index contributed by atoms with van der Waals surface area (Å²) in [5, 5.41) is 0. The summed E-state index contributed by atoms with van der Waals surface area (Å²) in [6.07, 6.45) is 3.90. The number of ether oxygens (including phenoxy) is 4. The SMILES string of the molecule is CCC.CCC.COC(=O)C(=O)c1ccc(OCCC[Si](C)(O[Si](C)(C)C)O[Si](C)(CCCOc2ccc(C(=O)C(=O)OC)cc2)O[Si](C)(C)C)cc1. The Balaban J connectivity index is 0.00000420. The zero-order valence-electron chi connectivity index (χ0n) is 34.8. The first-order valence-electron chi connectivity index (χ1n) is 18.4. The Morgan fingerprint density at radius 2 is 0.774 bits per heavy atom. The lowest BCUT2D eigenvalue weighted by Gasteiger charge is -2.43. The second-order valence-electron chi connectivity index (χ2n) is 14.8. The standard InChI is InChI=1S/C32H50O11Si4.2C3H8/c1-37-31(35)29(33)25-13-17-27(18-14-25)39-21-11-23-46(9,41-44(3,4)5)43-47(10,42-45(6,7)8)24-12-22-40-28-19-15-26(16-20-28)30(34)32(36)38-2;2*1-3-2/h13-20H,11-12,21-24H2,1-10H3;2*3H2,1-2H3. The van der Waals surface area contributed by atoms with Gasteiger partial charge in [0.1, 0.15) is 11.5 Å². The summed E-state index contributed by atoms with van der Waals surface area (Å²) in [5.74, 6) is -2.04. The van der Waals surface area contributed by atoms with Crippen LogP contribution in [0.3, 0.4) is 0 Å². The second-order valence-corrected chi connectivity index (χ2v) is 31.2. The van der Waals surface area contributed by atoms with Crippen LogP contribution in [-0.4, -0.2) is 84.7 Å². The van der Waals surface area contributed by atoms with Crippen molar-refractivity contribution in [3.63, 3.8) is 0 Å². The van der Waals surface area contributed by atoms with Gasteiger partial charge in [-0.25, -0.2) is 9.59 Å². The van der Waals surface area contributed by atoms with E-state index in [1.54, 1.807) is 48.5 Å². The number of carbonyl (C=O) groups excluding carboxylic acids is 4. The van der Waals surface area contributed by atoms with Crippen LogP contribution >= 0.6 is 0 Å². The van der Waals surface area contributed by atoms with E-state index in [2.05, 4.69) is 89.5 Å². The molecule has 0 amide bonds. The van der Waals surface area contributed by atoms with Crippen LogP contribution in [0.4, 0.5) is 0 Å². The number of esters is 2. The molecule has 0 aliphatic heterocycles. The summed E-state index contributed by atoms with van der Waals surface area (Å²) >= 11 is 0. The van der Waals surface area contributed by atoms with Crippen molar-refractivity contribution < 1.29 is 50.5 Å². The largest absolute Gasteiger partial charge is 0.494 e. The van der Waals surface area contributed by atoms with E-state index in [0.717, 1.165) is 0 Å². The van der Waals surface area contributed by atoms with E-state index in [1.165, 1.54) is 27.1 Å². The summed E-state index contributed by atoms with van der Waals surface area (Å²) in [6, 6.07) is 14.2. The lowest BCUT2D eigenvalue weighted by atomic mass is 10.1. The summed E-state index contributed by atoms with van der Waals surface area (Å²) in [6.45, 7) is 26.5. The van der Waals surface area contributed by atoms with E-state index in [-0.39, 0.29) is 11.1 Å². The fourth-order valence-corrected chi connectivity index (χ4v) is 23.3. The van der Waals surface area contributed by atoms with Crippen LogP contribution in [0.5, 0.6) is 11.5 Å². The molecule has 11 nitrogen and oxygen atoms in total. The Morgan fingerprint density at radius 1 is 0.491 bits per heavy atom. The van der Waals surface area contributed by atoms with Crippen LogP contribution in [-0.2, 0) is 31.4 Å². The van der Waals surface area contributed by atoms with Gasteiger partial charge in [-0.3, -0.25) is 9.59 Å². The van der Waals surface area contributed by atoms with E-state index < -0.39 is 57.3 Å². The molecule has 0 spiro atoms. The number of hydrogen-bond donors (Lipinski definition) is 0. The van der Waals surface area contributed by atoms with E-state index >= 15 is 0 Å². The van der Waals surface area contributed by atoms with Crippen molar-refractivity contribution in [3.05, 3.63) is 59.7 Å². The molecule has 53 heavy (non-hydrogen) atoms. The first kappa shape index (κ1) is 50.1. The molecule has 0 aliphatic rings. The molecule has 0 aliphatic carbocycles. The number of methoxy groups -OCH3 is 2. The van der Waals surface area contributed by atoms with Gasteiger partial charge in [0.2, 0.25) is 0 Å². The molecule has 0 radical (unpaired) electrons. The average Bonchev–Trinajstić information content (AvgIpc) is 3.06. The van der Waals surface area contributed by atoms with Crippen molar-refractivity contribution >= 4 is 57.3 Å². The van der Waals surface area contributed by atoms with Crippen molar-refractivity contribution in [1.82, 2.24) is 0 Å². The van der Waals surface area contributed by atoms with Crippen molar-refractivity contribution in [2.75, 3.05) is 27.4 Å². The fourth-order valence-electron chi connectivity index (χ4n) is 4.99. The molecule has 0 fully saturated rings. The minimum absolute atomic E-state index is 0.239. The lowest BCUT2D eigenvalue weighted by Crippen LogP contribution is -2.58. The van der Waals surface area contributed by atoms with Gasteiger partial charge in [-0.15, -0.1) is 0 Å². The zero-order valence-corrected chi connectivity index (χ0v) is 38.8. The van der Waals surface area contributed by atoms with Gasteiger partial charge in [0.15, 0.2) is 16.6 Å². The molecule has 2 unspecified atom stereocenters. The van der Waals surface area contributed by atoms with Crippen molar-refractivity contribution in [2.45, 2.75) is 118 Å². The van der Waals surface area contributed by atoms with Crippen molar-refractivity contribution in [2.24, 2.45) is 0 Å². The molecule has 0 saturated heterocycles. The molecule has 300 valence electrons. The van der Waals surface area contributed by atoms with Gasteiger partial charge in [0.05, 0.1) is 27.4 Å². The van der Waals surface area contributed by atoms with Crippen molar-refractivity contribution in [3.8, 4) is 11.5 Å². The molecule has 2 rings (SSSR count). The second kappa shape index (κ2) is 24.5. The molecular formula is C38H66O11Si4. The molecule has 0 saturated carbocycles. The van der Waals surface area contributed by atoms with Crippen LogP contribution in [0.25, 0.3) is 0 Å². The molecule has 2 atom stereocenters. The van der Waals surface area contributed by atoms with Crippen LogP contribution in [0.1, 0.15) is 74.1 Å². The Kier molecular flexibility index (Phi) is 23.1. The van der Waals surface area contributed by atoms with Gasteiger partial charge in [0.25, 0.3) is 11.6 Å². The van der Waals surface area contributed by atoms with Gasteiger partial charge in [-0.05, 0) is 126 Å². The highest BCUT2D eigenvalue weighted by molar-refractivity contribution is 6.89. The lowest BCUT2D eigenvalue weighted by molar-refractivity contribution is -0.135. The Morgan fingerprint density at radius 3 is 1.02 bits per heavy atom. The third-order valence-corrected chi connectivity index (χ3v) is 20.9. The van der Waals surface area contributed by atoms with Gasteiger partial charge in [-0.1, -0.05) is 40.5 Å². The Bertz CT molecular complexity index is 1290. The van der Waals surface area contributed by atoms with Crippen LogP contribution in [0, 0.1) is 0 Å². The summed E-state index contributed by atoms with van der Waals surface area (Å²) < 4.78 is 41.5. The number of hydrogen-bond acceptors (Lipinski definition) is 11. The predicted molar refractivity (Wildman–Crippen MR) is 221 cm³/mol. The monoisotopic (exact) mass is 810 g/mol. The van der Waals surface area contributed by atoms with E-state index in [9.17, 15) is 19.2 Å². The fraction of sp³-hybridized carbons (Fsp3) is 0.579. The first-order chi connectivity index (χ1) is 24.6. The molecular weight excluding hydrogens is 745 g/mol. The zero-order chi connectivity index (χ0) is 40.9. The Labute approximate surface area is 323 Å². The smallest absolute Gasteiger partial charge is 0.379 e. The van der Waals surface area contributed by atoms with Gasteiger partial charge < -0.3 is 31.3 Å². The predicted octanol–water partition coefficient (Wildman–Crippen LogP) is 9.33. The topological polar surface area (TPSA) is 133 Å². The maximum atomic E-state index is 12.0. The molecule has 0 N–H and O–H groups in total. The maximum absolute atomic E-state index is 12.0. The third kappa shape index (κ3) is 21.5. The number of benzene rings is 2. The van der Waals surface area contributed by atoms with Gasteiger partial charge in [-0.2, -0.15) is 0 Å². The maximum Gasteiger partial charge on any atom is 0.379 e. The number of rotatable bonds is 20. The minimum Gasteiger partial charge on any atom is -0.494 e. The normalized spacial score (nSPS) is 13.4. The van der Waals surface area contributed by atoms with Crippen molar-refractivity contribution in [1.29, 1.82) is 0 Å². The molecule has 0 bridgehead atoms. The number of carbonyl (C=O) groups is 4. The quantitative estimate of drug-likeness (QED) is 0.0417. The number of ketones is 2. The molecule has 2 aromatic carbocycles. The molecule has 0 heterocycles. The van der Waals surface area contributed by atoms with E-state index in [4.69, 9.17) is 21.8 Å².